The van der Waals surface area contributed by atoms with Gasteiger partial charge in [-0.2, -0.15) is 0 Å². The zero-order chi connectivity index (χ0) is 17.8. The Bertz CT molecular complexity index is 905. The summed E-state index contributed by atoms with van der Waals surface area (Å²) in [6.45, 7) is 3.99. The Hall–Kier alpha value is -3.14. The number of carbonyl (C=O) groups is 1. The number of hydrogen-bond acceptors (Lipinski definition) is 3. The zero-order valence-corrected chi connectivity index (χ0v) is 14.7. The van der Waals surface area contributed by atoms with Crippen LogP contribution in [0.1, 0.15) is 21.5 Å². The number of benzene rings is 2. The predicted octanol–water partition coefficient (Wildman–Crippen LogP) is 4.72. The zero-order valence-electron chi connectivity index (χ0n) is 14.7. The number of nitrogens with zero attached hydrogens (tertiary/aromatic N) is 2. The highest BCUT2D eigenvalue weighted by Crippen LogP contribution is 2.26. The van der Waals surface area contributed by atoms with Crippen molar-refractivity contribution in [3.05, 3.63) is 83.7 Å². The van der Waals surface area contributed by atoms with E-state index in [1.165, 1.54) is 0 Å². The molecular weight excluding hydrogens is 310 g/mol. The van der Waals surface area contributed by atoms with Crippen LogP contribution in [-0.2, 0) is 0 Å². The molecule has 2 aromatic carbocycles. The Kier molecular flexibility index (Phi) is 4.80. The summed E-state index contributed by atoms with van der Waals surface area (Å²) in [5, 5.41) is 2.96. The van der Waals surface area contributed by atoms with E-state index in [0.29, 0.717) is 5.56 Å². The molecule has 1 heterocycles. The molecule has 0 atom stereocenters. The van der Waals surface area contributed by atoms with Gasteiger partial charge in [0.25, 0.3) is 5.91 Å². The minimum absolute atomic E-state index is 0.110. The van der Waals surface area contributed by atoms with Crippen molar-refractivity contribution in [3.63, 3.8) is 0 Å². The molecule has 0 unspecified atom stereocenters. The van der Waals surface area contributed by atoms with Crippen molar-refractivity contribution in [2.24, 2.45) is 0 Å². The highest BCUT2D eigenvalue weighted by molar-refractivity contribution is 6.04. The van der Waals surface area contributed by atoms with Crippen LogP contribution in [0.4, 0.5) is 17.1 Å². The van der Waals surface area contributed by atoms with Gasteiger partial charge in [0.15, 0.2) is 0 Å². The molecule has 1 aromatic heterocycles. The van der Waals surface area contributed by atoms with E-state index < -0.39 is 0 Å². The van der Waals surface area contributed by atoms with E-state index in [2.05, 4.69) is 16.4 Å². The number of aromatic nitrogens is 1. The summed E-state index contributed by atoms with van der Waals surface area (Å²) in [5.41, 5.74) is 5.57. The number of amides is 1. The fraction of sp³-hybridized carbons (Fsp3) is 0.143. The lowest BCUT2D eigenvalue weighted by Crippen LogP contribution is -2.13. The fourth-order valence-corrected chi connectivity index (χ4v) is 2.65. The van der Waals surface area contributed by atoms with Crippen molar-refractivity contribution >= 4 is 23.0 Å². The second-order valence-corrected chi connectivity index (χ2v) is 6.15. The van der Waals surface area contributed by atoms with E-state index >= 15 is 0 Å². The summed E-state index contributed by atoms with van der Waals surface area (Å²) < 4.78 is 0. The Morgan fingerprint density at radius 2 is 1.72 bits per heavy atom. The van der Waals surface area contributed by atoms with Gasteiger partial charge in [-0.15, -0.1) is 0 Å². The summed E-state index contributed by atoms with van der Waals surface area (Å²) in [6, 6.07) is 17.4. The van der Waals surface area contributed by atoms with Gasteiger partial charge in [-0.05, 0) is 55.8 Å². The monoisotopic (exact) mass is 331 g/mol. The lowest BCUT2D eigenvalue weighted by molar-refractivity contribution is 0.102. The van der Waals surface area contributed by atoms with Gasteiger partial charge in [0.05, 0.1) is 11.9 Å². The van der Waals surface area contributed by atoms with Gasteiger partial charge in [-0.3, -0.25) is 9.78 Å². The molecule has 0 bridgehead atoms. The molecule has 25 heavy (non-hydrogen) atoms. The van der Waals surface area contributed by atoms with E-state index in [1.54, 1.807) is 0 Å². The Balaban J connectivity index is 1.80. The van der Waals surface area contributed by atoms with Crippen LogP contribution in [0.25, 0.3) is 0 Å². The van der Waals surface area contributed by atoms with Crippen LogP contribution in [0.3, 0.4) is 0 Å². The molecule has 4 heteroatoms. The van der Waals surface area contributed by atoms with Gasteiger partial charge in [-0.25, -0.2) is 0 Å². The predicted molar refractivity (Wildman–Crippen MR) is 103 cm³/mol. The molecule has 3 rings (SSSR count). The second-order valence-electron chi connectivity index (χ2n) is 6.15. The minimum atomic E-state index is -0.110. The molecule has 3 aromatic rings. The normalized spacial score (nSPS) is 10.4. The molecule has 4 nitrogen and oxygen atoms in total. The number of pyridine rings is 1. The quantitative estimate of drug-likeness (QED) is 0.752. The van der Waals surface area contributed by atoms with Crippen LogP contribution in [0, 0.1) is 13.8 Å². The van der Waals surface area contributed by atoms with Crippen LogP contribution in [0.15, 0.2) is 67.0 Å². The molecule has 1 N–H and O–H groups in total. The van der Waals surface area contributed by atoms with E-state index in [1.807, 2.05) is 86.7 Å². The Morgan fingerprint density at radius 1 is 0.920 bits per heavy atom. The number of hydrogen-bond donors (Lipinski definition) is 1. The van der Waals surface area contributed by atoms with E-state index in [4.69, 9.17) is 0 Å². The molecule has 0 saturated heterocycles. The summed E-state index contributed by atoms with van der Waals surface area (Å²) in [6.07, 6.45) is 3.65. The molecule has 0 aliphatic heterocycles. The van der Waals surface area contributed by atoms with Gasteiger partial charge >= 0.3 is 0 Å². The topological polar surface area (TPSA) is 45.2 Å². The number of rotatable bonds is 4. The van der Waals surface area contributed by atoms with Gasteiger partial charge in [0.2, 0.25) is 0 Å². The van der Waals surface area contributed by atoms with Gasteiger partial charge in [-0.1, -0.05) is 23.8 Å². The van der Waals surface area contributed by atoms with Crippen LogP contribution in [0.2, 0.25) is 0 Å². The standard InChI is InChI=1S/C21H21N3O/c1-15-6-4-7-17(10-15)21(25)23-18-8-5-9-19(12-18)24(3)20-11-16(2)13-22-14-20/h4-14H,1-3H3,(H,23,25). The first-order valence-electron chi connectivity index (χ1n) is 8.16. The van der Waals surface area contributed by atoms with Crippen LogP contribution >= 0.6 is 0 Å². The third-order valence-corrected chi connectivity index (χ3v) is 4.02. The van der Waals surface area contributed by atoms with Crippen molar-refractivity contribution in [3.8, 4) is 0 Å². The summed E-state index contributed by atoms with van der Waals surface area (Å²) in [7, 11) is 1.98. The summed E-state index contributed by atoms with van der Waals surface area (Å²) in [4.78, 5) is 18.7. The lowest BCUT2D eigenvalue weighted by atomic mass is 10.1. The maximum atomic E-state index is 12.4. The number of anilines is 3. The first-order valence-corrected chi connectivity index (χ1v) is 8.16. The number of carbonyl (C=O) groups excluding carboxylic acids is 1. The molecular formula is C21H21N3O. The largest absolute Gasteiger partial charge is 0.343 e. The van der Waals surface area contributed by atoms with Crippen molar-refractivity contribution in [1.82, 2.24) is 4.98 Å². The number of aryl methyl sites for hydroxylation is 2. The van der Waals surface area contributed by atoms with Crippen molar-refractivity contribution < 1.29 is 4.79 Å². The summed E-state index contributed by atoms with van der Waals surface area (Å²) in [5.74, 6) is -0.110. The van der Waals surface area contributed by atoms with Crippen LogP contribution < -0.4 is 10.2 Å². The second kappa shape index (κ2) is 7.18. The van der Waals surface area contributed by atoms with Crippen molar-refractivity contribution in [1.29, 1.82) is 0 Å². The fourth-order valence-electron chi connectivity index (χ4n) is 2.65. The van der Waals surface area contributed by atoms with Gasteiger partial charge in [0, 0.05) is 30.2 Å². The molecule has 0 aliphatic carbocycles. The highest BCUT2D eigenvalue weighted by atomic mass is 16.1. The first kappa shape index (κ1) is 16.7. The summed E-state index contributed by atoms with van der Waals surface area (Å²) >= 11 is 0. The molecule has 0 fully saturated rings. The average Bonchev–Trinajstić information content (AvgIpc) is 2.61. The Labute approximate surface area is 148 Å². The maximum Gasteiger partial charge on any atom is 0.255 e. The molecule has 1 amide bonds. The van der Waals surface area contributed by atoms with Crippen LogP contribution in [0.5, 0.6) is 0 Å². The van der Waals surface area contributed by atoms with Crippen molar-refractivity contribution in [2.45, 2.75) is 13.8 Å². The SMILES string of the molecule is Cc1cccc(C(=O)Nc2cccc(N(C)c3cncc(C)c3)c2)c1. The van der Waals surface area contributed by atoms with Gasteiger partial charge < -0.3 is 10.2 Å². The third kappa shape index (κ3) is 4.04. The van der Waals surface area contributed by atoms with Gasteiger partial charge in [0.1, 0.15) is 0 Å². The molecule has 0 aliphatic rings. The highest BCUT2D eigenvalue weighted by Gasteiger charge is 2.09. The first-order chi connectivity index (χ1) is 12.0. The van der Waals surface area contributed by atoms with E-state index in [-0.39, 0.29) is 5.91 Å². The molecule has 126 valence electrons. The van der Waals surface area contributed by atoms with E-state index in [9.17, 15) is 4.79 Å². The molecule has 0 radical (unpaired) electrons. The van der Waals surface area contributed by atoms with Crippen LogP contribution in [-0.4, -0.2) is 17.9 Å². The number of nitrogens with one attached hydrogen (secondary N) is 1. The lowest BCUT2D eigenvalue weighted by Gasteiger charge is -2.20. The molecule has 0 saturated carbocycles. The third-order valence-electron chi connectivity index (χ3n) is 4.02. The van der Waals surface area contributed by atoms with Crippen molar-refractivity contribution in [2.75, 3.05) is 17.3 Å². The Morgan fingerprint density at radius 3 is 2.48 bits per heavy atom. The average molecular weight is 331 g/mol. The minimum Gasteiger partial charge on any atom is -0.343 e. The maximum absolute atomic E-state index is 12.4. The smallest absolute Gasteiger partial charge is 0.255 e. The molecule has 0 spiro atoms. The van der Waals surface area contributed by atoms with E-state index in [0.717, 1.165) is 28.2 Å².